The average molecular weight is 239 g/mol. The molecule has 0 amide bonds. The Morgan fingerprint density at radius 3 is 2.88 bits per heavy atom. The largest absolute Gasteiger partial charge is 0.346 e. The fourth-order valence-corrected chi connectivity index (χ4v) is 2.38. The third-order valence-electron chi connectivity index (χ3n) is 3.27. The first-order chi connectivity index (χ1) is 8.30. The van der Waals surface area contributed by atoms with Gasteiger partial charge in [-0.3, -0.25) is 4.90 Å². The van der Waals surface area contributed by atoms with E-state index in [-0.39, 0.29) is 5.79 Å². The zero-order valence-corrected chi connectivity index (χ0v) is 10.0. The molecule has 3 heterocycles. The van der Waals surface area contributed by atoms with E-state index in [4.69, 9.17) is 14.0 Å². The highest BCUT2D eigenvalue weighted by molar-refractivity contribution is 4.91. The molecule has 0 aromatic carbocycles. The predicted octanol–water partition coefficient (Wildman–Crippen LogP) is 0.581. The zero-order valence-electron chi connectivity index (χ0n) is 10.0. The Balaban J connectivity index is 1.59. The van der Waals surface area contributed by atoms with Crippen molar-refractivity contribution in [2.24, 2.45) is 0 Å². The molecule has 2 aliphatic heterocycles. The van der Waals surface area contributed by atoms with Gasteiger partial charge < -0.3 is 14.0 Å². The molecule has 94 valence electrons. The highest BCUT2D eigenvalue weighted by Gasteiger charge is 2.43. The minimum atomic E-state index is -0.367. The highest BCUT2D eigenvalue weighted by atomic mass is 16.7. The van der Waals surface area contributed by atoms with Gasteiger partial charge in [-0.1, -0.05) is 12.1 Å². The molecule has 0 bridgehead atoms. The number of aryl methyl sites for hydroxylation is 1. The summed E-state index contributed by atoms with van der Waals surface area (Å²) in [6.07, 6.45) is 1.72. The van der Waals surface area contributed by atoms with E-state index in [1.54, 1.807) is 0 Å². The summed E-state index contributed by atoms with van der Waals surface area (Å²) in [7, 11) is 0. The van der Waals surface area contributed by atoms with Crippen molar-refractivity contribution in [2.75, 3.05) is 26.3 Å². The van der Waals surface area contributed by atoms with Crippen molar-refractivity contribution < 1.29 is 14.0 Å². The maximum absolute atomic E-state index is 5.67. The third-order valence-corrected chi connectivity index (χ3v) is 3.27. The van der Waals surface area contributed by atoms with Crippen molar-refractivity contribution in [2.45, 2.75) is 32.1 Å². The van der Waals surface area contributed by atoms with Gasteiger partial charge in [-0.15, -0.1) is 0 Å². The van der Waals surface area contributed by atoms with Crippen LogP contribution in [0.1, 0.15) is 25.1 Å². The SMILES string of the molecule is CCc1noc(CN2CCC3(C2)OCCO3)n1. The Morgan fingerprint density at radius 1 is 1.35 bits per heavy atom. The van der Waals surface area contributed by atoms with Crippen LogP contribution in [0.2, 0.25) is 0 Å². The summed E-state index contributed by atoms with van der Waals surface area (Å²) in [4.78, 5) is 6.54. The van der Waals surface area contributed by atoms with Crippen LogP contribution in [0, 0.1) is 0 Å². The van der Waals surface area contributed by atoms with Crippen molar-refractivity contribution in [3.8, 4) is 0 Å². The second kappa shape index (κ2) is 4.36. The smallest absolute Gasteiger partial charge is 0.240 e. The van der Waals surface area contributed by atoms with Gasteiger partial charge in [0.1, 0.15) is 0 Å². The normalized spacial score (nSPS) is 23.8. The Morgan fingerprint density at radius 2 is 2.18 bits per heavy atom. The maximum Gasteiger partial charge on any atom is 0.240 e. The molecule has 0 saturated carbocycles. The fraction of sp³-hybridized carbons (Fsp3) is 0.818. The zero-order chi connectivity index (χ0) is 11.7. The molecule has 1 aromatic rings. The second-order valence-electron chi connectivity index (χ2n) is 4.53. The highest BCUT2D eigenvalue weighted by Crippen LogP contribution is 2.30. The van der Waals surface area contributed by atoms with Crippen LogP contribution >= 0.6 is 0 Å². The van der Waals surface area contributed by atoms with Crippen LogP contribution in [0.4, 0.5) is 0 Å². The standard InChI is InChI=1S/C11H17N3O3/c1-2-9-12-10(17-13-9)7-14-4-3-11(8-14)15-5-6-16-11/h2-8H2,1H3. The van der Waals surface area contributed by atoms with E-state index in [0.717, 1.165) is 31.8 Å². The van der Waals surface area contributed by atoms with Gasteiger partial charge in [0.25, 0.3) is 0 Å². The van der Waals surface area contributed by atoms with E-state index in [0.29, 0.717) is 25.6 Å². The topological polar surface area (TPSA) is 60.6 Å². The lowest BCUT2D eigenvalue weighted by Crippen LogP contribution is -2.34. The van der Waals surface area contributed by atoms with Crippen molar-refractivity contribution in [3.63, 3.8) is 0 Å². The van der Waals surface area contributed by atoms with Gasteiger partial charge in [0.2, 0.25) is 5.89 Å². The van der Waals surface area contributed by atoms with E-state index in [9.17, 15) is 0 Å². The van der Waals surface area contributed by atoms with E-state index in [2.05, 4.69) is 15.0 Å². The Bertz CT molecular complexity index is 387. The van der Waals surface area contributed by atoms with E-state index >= 15 is 0 Å². The molecular formula is C11H17N3O3. The van der Waals surface area contributed by atoms with Gasteiger partial charge >= 0.3 is 0 Å². The summed E-state index contributed by atoms with van der Waals surface area (Å²) in [5, 5.41) is 3.89. The molecule has 2 fully saturated rings. The van der Waals surface area contributed by atoms with Crippen LogP contribution < -0.4 is 0 Å². The second-order valence-corrected chi connectivity index (χ2v) is 4.53. The van der Waals surface area contributed by atoms with Crippen LogP contribution in [0.25, 0.3) is 0 Å². The molecule has 0 unspecified atom stereocenters. The van der Waals surface area contributed by atoms with Crippen molar-refractivity contribution >= 4 is 0 Å². The molecule has 2 saturated heterocycles. The monoisotopic (exact) mass is 239 g/mol. The lowest BCUT2D eigenvalue weighted by Gasteiger charge is -2.21. The number of rotatable bonds is 3. The summed E-state index contributed by atoms with van der Waals surface area (Å²) in [6, 6.07) is 0. The number of hydrogen-bond acceptors (Lipinski definition) is 6. The molecule has 1 spiro atoms. The first-order valence-corrected chi connectivity index (χ1v) is 6.11. The van der Waals surface area contributed by atoms with Gasteiger partial charge in [-0.25, -0.2) is 0 Å². The maximum atomic E-state index is 5.67. The van der Waals surface area contributed by atoms with E-state index < -0.39 is 0 Å². The first kappa shape index (κ1) is 11.1. The summed E-state index contributed by atoms with van der Waals surface area (Å²) in [5.74, 6) is 1.08. The summed E-state index contributed by atoms with van der Waals surface area (Å²) in [5.41, 5.74) is 0. The van der Waals surface area contributed by atoms with Gasteiger partial charge in [-0.2, -0.15) is 4.98 Å². The molecule has 0 N–H and O–H groups in total. The third kappa shape index (κ3) is 2.20. The van der Waals surface area contributed by atoms with Crippen molar-refractivity contribution in [3.05, 3.63) is 11.7 Å². The minimum absolute atomic E-state index is 0.367. The molecular weight excluding hydrogens is 222 g/mol. The van der Waals surface area contributed by atoms with E-state index in [1.807, 2.05) is 6.92 Å². The molecule has 0 aliphatic carbocycles. The Kier molecular flexibility index (Phi) is 2.85. The number of likely N-dealkylation sites (tertiary alicyclic amines) is 1. The van der Waals surface area contributed by atoms with E-state index in [1.165, 1.54) is 0 Å². The summed E-state index contributed by atoms with van der Waals surface area (Å²) < 4.78 is 16.5. The Hall–Kier alpha value is -0.980. The van der Waals surface area contributed by atoms with Gasteiger partial charge in [0, 0.05) is 19.4 Å². The molecule has 17 heavy (non-hydrogen) atoms. The minimum Gasteiger partial charge on any atom is -0.346 e. The number of nitrogens with zero attached hydrogens (tertiary/aromatic N) is 3. The molecule has 3 rings (SSSR count). The van der Waals surface area contributed by atoms with Crippen molar-refractivity contribution in [1.29, 1.82) is 0 Å². The van der Waals surface area contributed by atoms with Crippen LogP contribution in [-0.2, 0) is 22.4 Å². The fourth-order valence-electron chi connectivity index (χ4n) is 2.38. The van der Waals surface area contributed by atoms with Gasteiger partial charge in [0.05, 0.1) is 26.3 Å². The van der Waals surface area contributed by atoms with Crippen LogP contribution in [0.3, 0.4) is 0 Å². The molecule has 1 aromatic heterocycles. The average Bonchev–Trinajstić information content (AvgIpc) is 3.03. The lowest BCUT2D eigenvalue weighted by molar-refractivity contribution is -0.145. The molecule has 6 nitrogen and oxygen atoms in total. The van der Waals surface area contributed by atoms with Crippen LogP contribution in [0.5, 0.6) is 0 Å². The molecule has 2 aliphatic rings. The number of hydrogen-bond donors (Lipinski definition) is 0. The number of ether oxygens (including phenoxy) is 2. The first-order valence-electron chi connectivity index (χ1n) is 6.11. The van der Waals surface area contributed by atoms with Crippen LogP contribution in [0.15, 0.2) is 4.52 Å². The summed E-state index contributed by atoms with van der Waals surface area (Å²) in [6.45, 7) is 5.84. The number of aromatic nitrogens is 2. The van der Waals surface area contributed by atoms with Crippen molar-refractivity contribution in [1.82, 2.24) is 15.0 Å². The summed E-state index contributed by atoms with van der Waals surface area (Å²) >= 11 is 0. The lowest BCUT2D eigenvalue weighted by atomic mass is 10.2. The Labute approximate surface area is 99.9 Å². The predicted molar refractivity (Wildman–Crippen MR) is 58.2 cm³/mol. The van der Waals surface area contributed by atoms with Gasteiger partial charge in [0.15, 0.2) is 11.6 Å². The van der Waals surface area contributed by atoms with Crippen LogP contribution in [-0.4, -0.2) is 47.1 Å². The molecule has 0 atom stereocenters. The molecule has 0 radical (unpaired) electrons. The quantitative estimate of drug-likeness (QED) is 0.769. The molecule has 6 heteroatoms. The van der Waals surface area contributed by atoms with Gasteiger partial charge in [-0.05, 0) is 0 Å².